The average molecular weight is 393 g/mol. The summed E-state index contributed by atoms with van der Waals surface area (Å²) in [4.78, 5) is 24.9. The van der Waals surface area contributed by atoms with Gasteiger partial charge in [0, 0.05) is 18.4 Å². The summed E-state index contributed by atoms with van der Waals surface area (Å²) in [5.41, 5.74) is 0.602. The summed E-state index contributed by atoms with van der Waals surface area (Å²) in [6.45, 7) is 3.56. The second kappa shape index (κ2) is 7.81. The van der Waals surface area contributed by atoms with Crippen LogP contribution in [0.25, 0.3) is 0 Å². The number of alkyl halides is 3. The van der Waals surface area contributed by atoms with Crippen LogP contribution in [0.15, 0.2) is 28.7 Å². The van der Waals surface area contributed by atoms with Crippen LogP contribution in [0.5, 0.6) is 0 Å². The number of aryl methyl sites for hydroxylation is 1. The van der Waals surface area contributed by atoms with Gasteiger partial charge in [0.2, 0.25) is 0 Å². The van der Waals surface area contributed by atoms with E-state index in [1.165, 1.54) is 6.07 Å². The number of carbonyl (C=O) groups excluding carboxylic acids is 2. The van der Waals surface area contributed by atoms with Crippen LogP contribution in [0.1, 0.15) is 82.0 Å². The lowest BCUT2D eigenvalue weighted by Gasteiger charge is -2.19. The summed E-state index contributed by atoms with van der Waals surface area (Å²) in [7, 11) is 0. The molecule has 2 aromatic rings. The second-order valence-corrected chi connectivity index (χ2v) is 7.07. The zero-order valence-electron chi connectivity index (χ0n) is 15.8. The fourth-order valence-corrected chi connectivity index (χ4v) is 3.63. The summed E-state index contributed by atoms with van der Waals surface area (Å²) in [5.74, 6) is 0.0263. The average Bonchev–Trinajstić information content (AvgIpc) is 2.99. The number of ketones is 1. The van der Waals surface area contributed by atoms with E-state index in [0.29, 0.717) is 54.6 Å². The summed E-state index contributed by atoms with van der Waals surface area (Å²) in [6.07, 6.45) is -1.59. The molecule has 0 bridgehead atoms. The van der Waals surface area contributed by atoms with Crippen molar-refractivity contribution in [2.24, 2.45) is 0 Å². The van der Waals surface area contributed by atoms with Crippen LogP contribution in [-0.2, 0) is 12.6 Å². The Bertz CT molecular complexity index is 899. The largest absolute Gasteiger partial charge is 0.455 e. The van der Waals surface area contributed by atoms with Crippen molar-refractivity contribution in [1.29, 1.82) is 0 Å². The van der Waals surface area contributed by atoms with Crippen LogP contribution in [0, 0.1) is 6.92 Å². The van der Waals surface area contributed by atoms with Gasteiger partial charge in [0.05, 0.1) is 17.2 Å². The minimum atomic E-state index is -4.45. The van der Waals surface area contributed by atoms with Crippen molar-refractivity contribution in [3.05, 3.63) is 58.0 Å². The first kappa shape index (κ1) is 20.2. The van der Waals surface area contributed by atoms with Crippen molar-refractivity contribution < 1.29 is 27.2 Å². The smallest absolute Gasteiger partial charge is 0.416 e. The van der Waals surface area contributed by atoms with Gasteiger partial charge in [-0.2, -0.15) is 13.2 Å². The lowest BCUT2D eigenvalue weighted by Crippen LogP contribution is -2.29. The van der Waals surface area contributed by atoms with Gasteiger partial charge >= 0.3 is 6.18 Å². The minimum Gasteiger partial charge on any atom is -0.455 e. The highest BCUT2D eigenvalue weighted by Gasteiger charge is 2.32. The quantitative estimate of drug-likeness (QED) is 0.740. The molecule has 0 aliphatic heterocycles. The van der Waals surface area contributed by atoms with E-state index in [0.717, 1.165) is 12.1 Å². The van der Waals surface area contributed by atoms with Gasteiger partial charge in [0.1, 0.15) is 5.76 Å². The number of hydrogen-bond donors (Lipinski definition) is 1. The van der Waals surface area contributed by atoms with Crippen LogP contribution >= 0.6 is 0 Å². The van der Waals surface area contributed by atoms with E-state index in [-0.39, 0.29) is 11.5 Å². The molecule has 1 amide bonds. The third-order valence-electron chi connectivity index (χ3n) is 5.01. The van der Waals surface area contributed by atoms with Crippen molar-refractivity contribution in [3.63, 3.8) is 0 Å². The molecule has 1 aromatic heterocycles. The first-order valence-electron chi connectivity index (χ1n) is 9.35. The summed E-state index contributed by atoms with van der Waals surface area (Å²) >= 11 is 0. The molecule has 3 rings (SSSR count). The maximum atomic E-state index is 13.0. The molecule has 0 radical (unpaired) electrons. The van der Waals surface area contributed by atoms with Gasteiger partial charge in [0.25, 0.3) is 5.91 Å². The number of furan rings is 1. The predicted octanol–water partition coefficient (Wildman–Crippen LogP) is 5.40. The fourth-order valence-electron chi connectivity index (χ4n) is 3.63. The van der Waals surface area contributed by atoms with Gasteiger partial charge in [-0.05, 0) is 37.5 Å². The van der Waals surface area contributed by atoms with E-state index in [1.807, 2.05) is 6.92 Å². The lowest BCUT2D eigenvalue weighted by molar-refractivity contribution is -0.137. The van der Waals surface area contributed by atoms with Crippen molar-refractivity contribution in [2.45, 2.75) is 58.2 Å². The summed E-state index contributed by atoms with van der Waals surface area (Å²) < 4.78 is 44.7. The van der Waals surface area contributed by atoms with E-state index in [2.05, 4.69) is 5.32 Å². The molecule has 0 spiro atoms. The molecule has 28 heavy (non-hydrogen) atoms. The molecule has 0 saturated carbocycles. The van der Waals surface area contributed by atoms with Crippen molar-refractivity contribution in [2.75, 3.05) is 0 Å². The molecule has 4 nitrogen and oxygen atoms in total. The van der Waals surface area contributed by atoms with Crippen molar-refractivity contribution in [1.82, 2.24) is 5.32 Å². The Balaban J connectivity index is 1.88. The molecule has 1 heterocycles. The summed E-state index contributed by atoms with van der Waals surface area (Å²) in [5, 5.41) is 2.78. The number of hydrogen-bond acceptors (Lipinski definition) is 3. The second-order valence-electron chi connectivity index (χ2n) is 7.07. The topological polar surface area (TPSA) is 59.3 Å². The Hall–Kier alpha value is -2.57. The van der Waals surface area contributed by atoms with E-state index in [9.17, 15) is 22.8 Å². The first-order chi connectivity index (χ1) is 13.2. The van der Waals surface area contributed by atoms with Crippen molar-refractivity contribution in [3.8, 4) is 0 Å². The van der Waals surface area contributed by atoms with E-state index >= 15 is 0 Å². The normalized spacial score (nSPS) is 15.2. The first-order valence-corrected chi connectivity index (χ1v) is 9.35. The Morgan fingerprint density at radius 2 is 2.04 bits per heavy atom. The maximum Gasteiger partial charge on any atom is 0.416 e. The molecular formula is C21H22F3NO3. The van der Waals surface area contributed by atoms with Gasteiger partial charge in [-0.25, -0.2) is 0 Å². The van der Waals surface area contributed by atoms with Gasteiger partial charge in [0.15, 0.2) is 11.5 Å². The van der Waals surface area contributed by atoms with Gasteiger partial charge in [-0.15, -0.1) is 0 Å². The van der Waals surface area contributed by atoms with E-state index in [1.54, 1.807) is 13.0 Å². The molecule has 7 heteroatoms. The van der Waals surface area contributed by atoms with Crippen LogP contribution in [-0.4, -0.2) is 11.7 Å². The highest BCUT2D eigenvalue weighted by Crippen LogP contribution is 2.33. The number of halogens is 3. The zero-order valence-corrected chi connectivity index (χ0v) is 15.8. The van der Waals surface area contributed by atoms with Crippen LogP contribution < -0.4 is 5.32 Å². The monoisotopic (exact) mass is 393 g/mol. The molecule has 1 aliphatic rings. The Morgan fingerprint density at radius 1 is 1.29 bits per heavy atom. The van der Waals surface area contributed by atoms with Gasteiger partial charge in [-0.3, -0.25) is 9.59 Å². The molecule has 1 unspecified atom stereocenters. The molecule has 0 saturated heterocycles. The van der Waals surface area contributed by atoms with Crippen LogP contribution in [0.2, 0.25) is 0 Å². The molecule has 1 N–H and O–H groups in total. The molecule has 0 fully saturated rings. The number of benzene rings is 1. The number of amides is 1. The highest BCUT2D eigenvalue weighted by atomic mass is 19.4. The molecule has 150 valence electrons. The molecular weight excluding hydrogens is 371 g/mol. The Kier molecular flexibility index (Phi) is 5.63. The van der Waals surface area contributed by atoms with Crippen LogP contribution in [0.3, 0.4) is 0 Å². The third kappa shape index (κ3) is 3.98. The van der Waals surface area contributed by atoms with E-state index in [4.69, 9.17) is 4.42 Å². The highest BCUT2D eigenvalue weighted by molar-refractivity contribution is 6.03. The fraction of sp³-hybridized carbons (Fsp3) is 0.429. The van der Waals surface area contributed by atoms with E-state index < -0.39 is 23.7 Å². The number of carbonyl (C=O) groups is 2. The van der Waals surface area contributed by atoms with Crippen molar-refractivity contribution >= 4 is 11.7 Å². The molecule has 1 aromatic carbocycles. The Labute approximate surface area is 161 Å². The Morgan fingerprint density at radius 3 is 2.68 bits per heavy atom. The number of Topliss-reactive ketones (excluding diaryl/α,β-unsaturated/α-hetero) is 1. The van der Waals surface area contributed by atoms with Crippen LogP contribution in [0.4, 0.5) is 13.2 Å². The number of nitrogens with one attached hydrogen (secondary N) is 1. The summed E-state index contributed by atoms with van der Waals surface area (Å²) in [6, 6.07) is 4.38. The van der Waals surface area contributed by atoms with Gasteiger partial charge in [-0.1, -0.05) is 25.5 Å². The number of rotatable bonds is 5. The SMILES string of the molecule is CCCC(NC(=O)c1oc2c(c1C)C(=O)CCC2)c1cccc(C(F)(F)F)c1. The lowest BCUT2D eigenvalue weighted by atomic mass is 9.94. The predicted molar refractivity (Wildman–Crippen MR) is 97.3 cm³/mol. The minimum absolute atomic E-state index is 0.0375. The maximum absolute atomic E-state index is 13.0. The standard InChI is InChI=1S/C21H22F3NO3/c1-3-6-15(13-7-4-8-14(11-13)21(22,23)24)25-20(27)19-12(2)18-16(26)9-5-10-17(18)28-19/h4,7-8,11,15H,3,5-6,9-10H2,1-2H3,(H,25,27). The molecule has 1 aliphatic carbocycles. The molecule has 1 atom stereocenters. The van der Waals surface area contributed by atoms with Gasteiger partial charge < -0.3 is 9.73 Å². The zero-order chi connectivity index (χ0) is 20.5. The third-order valence-corrected chi connectivity index (χ3v) is 5.01. The number of fused-ring (bicyclic) bond motifs is 1.